The van der Waals surface area contributed by atoms with Crippen molar-refractivity contribution in [2.75, 3.05) is 6.61 Å². The Hall–Kier alpha value is -3.20. The molecule has 0 bridgehead atoms. The molecular weight excluding hydrogens is 344 g/mol. The summed E-state index contributed by atoms with van der Waals surface area (Å²) in [4.78, 5) is 44.8. The maximum Gasteiger partial charge on any atom is 0.338 e. The molecule has 24 heavy (non-hydrogen) atoms. The predicted octanol–water partition coefficient (Wildman–Crippen LogP) is 1.95. The summed E-state index contributed by atoms with van der Waals surface area (Å²) in [6, 6.07) is 6.12. The molecule has 0 saturated heterocycles. The van der Waals surface area contributed by atoms with Crippen LogP contribution in [0.15, 0.2) is 41.0 Å². The number of benzene rings is 1. The lowest BCUT2D eigenvalue weighted by Gasteiger charge is -2.05. The number of nitro groups is 1. The van der Waals surface area contributed by atoms with Crippen molar-refractivity contribution >= 4 is 35.1 Å². The van der Waals surface area contributed by atoms with Crippen LogP contribution in [0.5, 0.6) is 0 Å². The van der Waals surface area contributed by atoms with Crippen molar-refractivity contribution in [1.82, 2.24) is 5.32 Å². The number of hydrogen-bond acceptors (Lipinski definition) is 7. The van der Waals surface area contributed by atoms with Gasteiger partial charge < -0.3 is 9.15 Å². The second-order valence-electron chi connectivity index (χ2n) is 4.35. The van der Waals surface area contributed by atoms with Crippen molar-refractivity contribution in [3.05, 3.63) is 63.1 Å². The van der Waals surface area contributed by atoms with Crippen molar-refractivity contribution in [1.29, 1.82) is 0 Å². The summed E-state index contributed by atoms with van der Waals surface area (Å²) in [7, 11) is 0. The second kappa shape index (κ2) is 7.38. The smallest absolute Gasteiger partial charge is 0.338 e. The molecule has 0 spiro atoms. The summed E-state index contributed by atoms with van der Waals surface area (Å²) < 4.78 is 9.47. The van der Waals surface area contributed by atoms with Gasteiger partial charge in [-0.3, -0.25) is 25.0 Å². The Kier molecular flexibility index (Phi) is 5.27. The topological polar surface area (TPSA) is 129 Å². The molecule has 0 fully saturated rings. The quantitative estimate of drug-likeness (QED) is 0.494. The third-order valence-electron chi connectivity index (χ3n) is 2.71. The lowest BCUT2D eigenvalue weighted by atomic mass is 10.2. The van der Waals surface area contributed by atoms with Gasteiger partial charge in [-0.25, -0.2) is 4.79 Å². The molecule has 2 rings (SSSR count). The Morgan fingerprint density at radius 1 is 1.29 bits per heavy atom. The van der Waals surface area contributed by atoms with Crippen LogP contribution in [0.25, 0.3) is 0 Å². The number of halogens is 1. The number of imide groups is 1. The Balaban J connectivity index is 1.93. The number of nitrogens with one attached hydrogen (secondary N) is 1. The normalized spacial score (nSPS) is 10.0. The summed E-state index contributed by atoms with van der Waals surface area (Å²) >= 11 is 5.63. The first kappa shape index (κ1) is 17.2. The van der Waals surface area contributed by atoms with E-state index in [9.17, 15) is 24.5 Å². The van der Waals surface area contributed by atoms with Crippen molar-refractivity contribution in [3.8, 4) is 0 Å². The van der Waals surface area contributed by atoms with Crippen molar-refractivity contribution in [2.45, 2.75) is 0 Å². The average Bonchev–Trinajstić information content (AvgIpc) is 3.07. The van der Waals surface area contributed by atoms with Crippen LogP contribution in [-0.2, 0) is 9.53 Å². The summed E-state index contributed by atoms with van der Waals surface area (Å²) in [5.41, 5.74) is -0.625. The van der Waals surface area contributed by atoms with Crippen molar-refractivity contribution in [3.63, 3.8) is 0 Å². The highest BCUT2D eigenvalue weighted by Gasteiger charge is 2.19. The minimum Gasteiger partial charge on any atom is -0.459 e. The second-order valence-corrected chi connectivity index (χ2v) is 4.76. The van der Waals surface area contributed by atoms with Gasteiger partial charge in [0.1, 0.15) is 5.02 Å². The molecule has 0 saturated carbocycles. The molecule has 0 radical (unpaired) electrons. The minimum atomic E-state index is -0.977. The lowest BCUT2D eigenvalue weighted by molar-refractivity contribution is -0.384. The van der Waals surface area contributed by atoms with E-state index >= 15 is 0 Å². The number of hydrogen-bond donors (Lipinski definition) is 1. The molecular formula is C14H9ClN2O7. The van der Waals surface area contributed by atoms with Gasteiger partial charge in [-0.15, -0.1) is 0 Å². The van der Waals surface area contributed by atoms with E-state index in [0.717, 1.165) is 12.1 Å². The highest BCUT2D eigenvalue weighted by Crippen LogP contribution is 2.25. The molecule has 2 aromatic rings. The van der Waals surface area contributed by atoms with Gasteiger partial charge in [-0.1, -0.05) is 11.6 Å². The third-order valence-corrected chi connectivity index (χ3v) is 3.03. The van der Waals surface area contributed by atoms with Gasteiger partial charge in [-0.2, -0.15) is 0 Å². The van der Waals surface area contributed by atoms with Crippen LogP contribution in [0, 0.1) is 10.1 Å². The molecule has 2 amide bonds. The van der Waals surface area contributed by atoms with E-state index in [1.165, 1.54) is 24.5 Å². The number of nitro benzene ring substituents is 1. The minimum absolute atomic E-state index is 0.0806. The monoisotopic (exact) mass is 352 g/mol. The van der Waals surface area contributed by atoms with Gasteiger partial charge in [-0.05, 0) is 24.3 Å². The fourth-order valence-electron chi connectivity index (χ4n) is 1.63. The van der Waals surface area contributed by atoms with Crippen LogP contribution in [-0.4, -0.2) is 29.3 Å². The van der Waals surface area contributed by atoms with E-state index in [2.05, 4.69) is 4.74 Å². The SMILES string of the molecule is O=C(COC(=O)c1ccc(Cl)c([N+](=O)[O-])c1)NC(=O)c1ccco1. The van der Waals surface area contributed by atoms with E-state index < -0.39 is 35.0 Å². The fraction of sp³-hybridized carbons (Fsp3) is 0.0714. The number of ether oxygens (including phenoxy) is 1. The zero-order chi connectivity index (χ0) is 17.7. The molecule has 1 heterocycles. The molecule has 124 valence electrons. The van der Waals surface area contributed by atoms with Crippen LogP contribution in [0.1, 0.15) is 20.9 Å². The van der Waals surface area contributed by atoms with Crippen LogP contribution in [0.3, 0.4) is 0 Å². The van der Waals surface area contributed by atoms with Gasteiger partial charge in [0.05, 0.1) is 16.7 Å². The summed E-state index contributed by atoms with van der Waals surface area (Å²) in [6.45, 7) is -0.748. The molecule has 1 N–H and O–H groups in total. The van der Waals surface area contributed by atoms with E-state index in [0.29, 0.717) is 0 Å². The number of carbonyl (C=O) groups is 3. The van der Waals surface area contributed by atoms with Crippen LogP contribution < -0.4 is 5.32 Å². The Labute approximate surface area is 139 Å². The fourth-order valence-corrected chi connectivity index (χ4v) is 1.81. The van der Waals surface area contributed by atoms with Crippen LogP contribution in [0.4, 0.5) is 5.69 Å². The van der Waals surface area contributed by atoms with Gasteiger partial charge in [0.15, 0.2) is 12.4 Å². The first-order valence-electron chi connectivity index (χ1n) is 6.37. The molecule has 1 aromatic heterocycles. The summed E-state index contributed by atoms with van der Waals surface area (Å²) in [6.07, 6.45) is 1.26. The number of amides is 2. The van der Waals surface area contributed by atoms with E-state index in [-0.39, 0.29) is 16.3 Å². The molecule has 0 unspecified atom stereocenters. The standard InChI is InChI=1S/C14H9ClN2O7/c15-9-4-3-8(6-10(9)17(21)22)14(20)24-7-12(18)16-13(19)11-2-1-5-23-11/h1-6H,7H2,(H,16,18,19). The molecule has 0 aliphatic rings. The van der Waals surface area contributed by atoms with Crippen LogP contribution in [0.2, 0.25) is 5.02 Å². The largest absolute Gasteiger partial charge is 0.459 e. The number of furan rings is 1. The number of rotatable bonds is 5. The Morgan fingerprint density at radius 2 is 2.04 bits per heavy atom. The molecule has 1 aromatic carbocycles. The van der Waals surface area contributed by atoms with Crippen molar-refractivity contribution in [2.24, 2.45) is 0 Å². The summed E-state index contributed by atoms with van der Waals surface area (Å²) in [5, 5.41) is 12.6. The van der Waals surface area contributed by atoms with E-state index in [1.54, 1.807) is 0 Å². The van der Waals surface area contributed by atoms with Crippen molar-refractivity contribution < 1.29 is 28.5 Å². The molecule has 9 nitrogen and oxygen atoms in total. The highest BCUT2D eigenvalue weighted by atomic mass is 35.5. The third kappa shape index (κ3) is 4.17. The maximum atomic E-state index is 11.8. The van der Waals surface area contributed by atoms with Gasteiger partial charge >= 0.3 is 5.97 Å². The number of esters is 1. The van der Waals surface area contributed by atoms with Gasteiger partial charge in [0, 0.05) is 6.07 Å². The number of carbonyl (C=O) groups excluding carboxylic acids is 3. The average molecular weight is 353 g/mol. The Bertz CT molecular complexity index is 801. The zero-order valence-corrected chi connectivity index (χ0v) is 12.6. The van der Waals surface area contributed by atoms with E-state index in [4.69, 9.17) is 16.0 Å². The predicted molar refractivity (Wildman–Crippen MR) is 79.6 cm³/mol. The molecule has 0 aliphatic carbocycles. The zero-order valence-electron chi connectivity index (χ0n) is 11.9. The molecule has 0 atom stereocenters. The first-order valence-corrected chi connectivity index (χ1v) is 6.75. The molecule has 10 heteroatoms. The van der Waals surface area contributed by atoms with Gasteiger partial charge in [0.2, 0.25) is 0 Å². The number of nitrogens with zero attached hydrogens (tertiary/aromatic N) is 1. The summed E-state index contributed by atoms with van der Waals surface area (Å²) in [5.74, 6) is -2.73. The first-order chi connectivity index (χ1) is 11.4. The highest BCUT2D eigenvalue weighted by molar-refractivity contribution is 6.32. The van der Waals surface area contributed by atoms with Crippen LogP contribution >= 0.6 is 11.6 Å². The maximum absolute atomic E-state index is 11.8. The molecule has 0 aliphatic heterocycles. The lowest BCUT2D eigenvalue weighted by Crippen LogP contribution is -2.33. The Morgan fingerprint density at radius 3 is 2.67 bits per heavy atom. The van der Waals surface area contributed by atoms with Gasteiger partial charge in [0.25, 0.3) is 17.5 Å². The van der Waals surface area contributed by atoms with E-state index in [1.807, 2.05) is 5.32 Å².